The van der Waals surface area contributed by atoms with Gasteiger partial charge in [0.2, 0.25) is 0 Å². The van der Waals surface area contributed by atoms with E-state index in [0.29, 0.717) is 12.5 Å². The van der Waals surface area contributed by atoms with Crippen molar-refractivity contribution in [2.24, 2.45) is 5.92 Å². The maximum absolute atomic E-state index is 10.9. The van der Waals surface area contributed by atoms with Crippen LogP contribution >= 0.6 is 0 Å². The highest BCUT2D eigenvalue weighted by molar-refractivity contribution is 5.87. The minimum absolute atomic E-state index is 0.281. The van der Waals surface area contributed by atoms with Crippen LogP contribution in [0.4, 0.5) is 0 Å². The van der Waals surface area contributed by atoms with Gasteiger partial charge in [0, 0.05) is 0 Å². The number of rotatable bonds is 6. The summed E-state index contributed by atoms with van der Waals surface area (Å²) < 4.78 is 5.69. The van der Waals surface area contributed by atoms with Crippen LogP contribution in [0.5, 0.6) is 5.75 Å². The molecule has 0 saturated carbocycles. The van der Waals surface area contributed by atoms with Crippen LogP contribution in [0.1, 0.15) is 35.3 Å². The Morgan fingerprint density at radius 1 is 1.10 bits per heavy atom. The molecule has 0 saturated heterocycles. The Balaban J connectivity index is 1.96. The molecular formula is C18H20O3. The Morgan fingerprint density at radius 2 is 1.81 bits per heavy atom. The molecule has 0 radical (unpaired) electrons. The van der Waals surface area contributed by atoms with E-state index >= 15 is 0 Å². The topological polar surface area (TPSA) is 46.5 Å². The van der Waals surface area contributed by atoms with Crippen molar-refractivity contribution in [2.75, 3.05) is 0 Å². The highest BCUT2D eigenvalue weighted by Gasteiger charge is 2.04. The third-order valence-corrected chi connectivity index (χ3v) is 3.15. The maximum Gasteiger partial charge on any atom is 0.335 e. The minimum atomic E-state index is -0.921. The van der Waals surface area contributed by atoms with Gasteiger partial charge >= 0.3 is 5.97 Å². The number of carboxylic acid groups (broad SMARTS) is 1. The fourth-order valence-corrected chi connectivity index (χ4v) is 2.15. The quantitative estimate of drug-likeness (QED) is 0.866. The van der Waals surface area contributed by atoms with Crippen LogP contribution in [0.25, 0.3) is 0 Å². The highest BCUT2D eigenvalue weighted by atomic mass is 16.5. The molecule has 0 aliphatic rings. The molecule has 0 heterocycles. The lowest BCUT2D eigenvalue weighted by atomic mass is 10.0. The molecule has 0 bridgehead atoms. The number of aromatic carboxylic acids is 1. The Kier molecular flexibility index (Phi) is 4.99. The van der Waals surface area contributed by atoms with Gasteiger partial charge in [-0.1, -0.05) is 38.1 Å². The van der Waals surface area contributed by atoms with Gasteiger partial charge in [-0.2, -0.15) is 0 Å². The lowest BCUT2D eigenvalue weighted by Gasteiger charge is -2.09. The molecule has 3 heteroatoms. The molecule has 0 aromatic heterocycles. The van der Waals surface area contributed by atoms with E-state index in [-0.39, 0.29) is 5.56 Å². The zero-order valence-electron chi connectivity index (χ0n) is 12.4. The summed E-state index contributed by atoms with van der Waals surface area (Å²) in [6.45, 7) is 4.75. The van der Waals surface area contributed by atoms with E-state index in [1.807, 2.05) is 18.2 Å². The van der Waals surface area contributed by atoms with E-state index < -0.39 is 5.97 Å². The van der Waals surface area contributed by atoms with Gasteiger partial charge in [-0.05, 0) is 47.7 Å². The zero-order chi connectivity index (χ0) is 15.2. The van der Waals surface area contributed by atoms with Crippen LogP contribution in [0, 0.1) is 5.92 Å². The van der Waals surface area contributed by atoms with Crippen molar-refractivity contribution < 1.29 is 14.6 Å². The van der Waals surface area contributed by atoms with Crippen LogP contribution in [0.15, 0.2) is 48.5 Å². The number of hydrogen-bond donors (Lipinski definition) is 1. The molecule has 0 aliphatic carbocycles. The lowest BCUT2D eigenvalue weighted by Crippen LogP contribution is -2.00. The van der Waals surface area contributed by atoms with Crippen molar-refractivity contribution >= 4 is 5.97 Å². The monoisotopic (exact) mass is 284 g/mol. The summed E-state index contributed by atoms with van der Waals surface area (Å²) in [6.07, 6.45) is 1.06. The van der Waals surface area contributed by atoms with Gasteiger partial charge in [0.15, 0.2) is 0 Å². The SMILES string of the molecule is CC(C)Cc1ccc(OCc2cccc(C(=O)O)c2)cc1. The molecule has 2 aromatic carbocycles. The first-order valence-electron chi connectivity index (χ1n) is 7.08. The minimum Gasteiger partial charge on any atom is -0.489 e. The van der Waals surface area contributed by atoms with Gasteiger partial charge in [0.05, 0.1) is 5.56 Å². The Bertz CT molecular complexity index is 600. The number of carboxylic acids is 1. The summed E-state index contributed by atoms with van der Waals surface area (Å²) in [4.78, 5) is 10.9. The van der Waals surface area contributed by atoms with E-state index in [9.17, 15) is 4.79 Å². The standard InChI is InChI=1S/C18H20O3/c1-13(2)10-14-6-8-17(9-7-14)21-12-15-4-3-5-16(11-15)18(19)20/h3-9,11,13H,10,12H2,1-2H3,(H,19,20). The molecule has 2 aromatic rings. The second kappa shape index (κ2) is 6.93. The first-order valence-corrected chi connectivity index (χ1v) is 7.08. The van der Waals surface area contributed by atoms with Crippen LogP contribution in [-0.2, 0) is 13.0 Å². The molecule has 0 unspecified atom stereocenters. The molecule has 0 atom stereocenters. The van der Waals surface area contributed by atoms with E-state index in [1.54, 1.807) is 18.2 Å². The predicted octanol–water partition coefficient (Wildman–Crippen LogP) is 4.16. The molecule has 2 rings (SSSR count). The lowest BCUT2D eigenvalue weighted by molar-refractivity contribution is 0.0696. The average molecular weight is 284 g/mol. The van der Waals surface area contributed by atoms with Crippen molar-refractivity contribution in [3.63, 3.8) is 0 Å². The van der Waals surface area contributed by atoms with E-state index in [4.69, 9.17) is 9.84 Å². The molecule has 110 valence electrons. The average Bonchev–Trinajstić information content (AvgIpc) is 2.46. The molecule has 0 spiro atoms. The van der Waals surface area contributed by atoms with Crippen LogP contribution in [-0.4, -0.2) is 11.1 Å². The van der Waals surface area contributed by atoms with Gasteiger partial charge in [-0.15, -0.1) is 0 Å². The fourth-order valence-electron chi connectivity index (χ4n) is 2.15. The first kappa shape index (κ1) is 15.1. The molecule has 21 heavy (non-hydrogen) atoms. The van der Waals surface area contributed by atoms with Crippen LogP contribution in [0.2, 0.25) is 0 Å². The molecular weight excluding hydrogens is 264 g/mol. The molecule has 3 nitrogen and oxygen atoms in total. The van der Waals surface area contributed by atoms with Gasteiger partial charge in [-0.3, -0.25) is 0 Å². The third-order valence-electron chi connectivity index (χ3n) is 3.15. The van der Waals surface area contributed by atoms with Crippen molar-refractivity contribution in [1.82, 2.24) is 0 Å². The maximum atomic E-state index is 10.9. The predicted molar refractivity (Wildman–Crippen MR) is 82.7 cm³/mol. The summed E-state index contributed by atoms with van der Waals surface area (Å²) in [5, 5.41) is 8.96. The molecule has 1 N–H and O–H groups in total. The smallest absolute Gasteiger partial charge is 0.335 e. The first-order chi connectivity index (χ1) is 10.0. The highest BCUT2D eigenvalue weighted by Crippen LogP contribution is 2.16. The summed E-state index contributed by atoms with van der Waals surface area (Å²) in [5.41, 5.74) is 2.43. The van der Waals surface area contributed by atoms with Gasteiger partial charge < -0.3 is 9.84 Å². The van der Waals surface area contributed by atoms with Crippen molar-refractivity contribution in [3.8, 4) is 5.75 Å². The zero-order valence-corrected chi connectivity index (χ0v) is 12.4. The second-order valence-electron chi connectivity index (χ2n) is 5.54. The van der Waals surface area contributed by atoms with Gasteiger partial charge in [0.25, 0.3) is 0 Å². The Morgan fingerprint density at radius 3 is 2.43 bits per heavy atom. The van der Waals surface area contributed by atoms with Crippen molar-refractivity contribution in [1.29, 1.82) is 0 Å². The molecule has 0 fully saturated rings. The van der Waals surface area contributed by atoms with Gasteiger partial charge in [-0.25, -0.2) is 4.79 Å². The fraction of sp³-hybridized carbons (Fsp3) is 0.278. The summed E-state index contributed by atoms with van der Waals surface area (Å²) >= 11 is 0. The summed E-state index contributed by atoms with van der Waals surface area (Å²) in [7, 11) is 0. The van der Waals surface area contributed by atoms with Crippen LogP contribution in [0.3, 0.4) is 0 Å². The van der Waals surface area contributed by atoms with Crippen molar-refractivity contribution in [2.45, 2.75) is 26.9 Å². The number of hydrogen-bond acceptors (Lipinski definition) is 2. The summed E-state index contributed by atoms with van der Waals surface area (Å²) in [5.74, 6) is 0.508. The third kappa shape index (κ3) is 4.63. The molecule has 0 amide bonds. The second-order valence-corrected chi connectivity index (χ2v) is 5.54. The number of ether oxygens (including phenoxy) is 1. The molecule has 0 aliphatic heterocycles. The normalized spacial score (nSPS) is 10.6. The van der Waals surface area contributed by atoms with Crippen molar-refractivity contribution in [3.05, 3.63) is 65.2 Å². The van der Waals surface area contributed by atoms with Gasteiger partial charge in [0.1, 0.15) is 12.4 Å². The summed E-state index contributed by atoms with van der Waals surface area (Å²) in [6, 6.07) is 14.9. The Hall–Kier alpha value is -2.29. The van der Waals surface area contributed by atoms with E-state index in [0.717, 1.165) is 17.7 Å². The number of carbonyl (C=O) groups is 1. The van der Waals surface area contributed by atoms with E-state index in [2.05, 4.69) is 26.0 Å². The largest absolute Gasteiger partial charge is 0.489 e. The van der Waals surface area contributed by atoms with Crippen LogP contribution < -0.4 is 4.74 Å². The Labute approximate surface area is 125 Å². The van der Waals surface area contributed by atoms with E-state index in [1.165, 1.54) is 5.56 Å². The number of benzene rings is 2.